The Kier molecular flexibility index (Phi) is 10.2. The van der Waals surface area contributed by atoms with Crippen LogP contribution in [0.15, 0.2) is 77.7 Å². The summed E-state index contributed by atoms with van der Waals surface area (Å²) in [6.07, 6.45) is 0.620. The van der Waals surface area contributed by atoms with Gasteiger partial charge in [-0.05, 0) is 74.0 Å². The highest BCUT2D eigenvalue weighted by Gasteiger charge is 2.28. The van der Waals surface area contributed by atoms with E-state index in [1.54, 1.807) is 43.5 Å². The van der Waals surface area contributed by atoms with E-state index in [2.05, 4.69) is 10.6 Å². The highest BCUT2D eigenvalue weighted by atomic mass is 32.2. The van der Waals surface area contributed by atoms with Crippen molar-refractivity contribution < 1.29 is 31.9 Å². The number of nitrogens with zero attached hydrogens (tertiary/aromatic N) is 1. The molecular formula is C27H30FN3O6S. The molecule has 0 spiro atoms. The molecule has 11 heteroatoms. The monoisotopic (exact) mass is 543 g/mol. The summed E-state index contributed by atoms with van der Waals surface area (Å²) in [5, 5.41) is 5.40. The van der Waals surface area contributed by atoms with Crippen molar-refractivity contribution in [3.8, 4) is 5.75 Å². The molecule has 0 aromatic heterocycles. The van der Waals surface area contributed by atoms with Crippen molar-refractivity contribution in [2.45, 2.75) is 18.2 Å². The Hall–Kier alpha value is -3.96. The van der Waals surface area contributed by atoms with Gasteiger partial charge in [-0.1, -0.05) is 12.1 Å². The number of carbonyl (C=O) groups is 2. The van der Waals surface area contributed by atoms with Crippen molar-refractivity contribution in [1.29, 1.82) is 0 Å². The van der Waals surface area contributed by atoms with E-state index < -0.39 is 28.3 Å². The highest BCUT2D eigenvalue weighted by Crippen LogP contribution is 2.26. The average molecular weight is 544 g/mol. The molecule has 2 amide bonds. The fourth-order valence-electron chi connectivity index (χ4n) is 3.55. The Morgan fingerprint density at radius 3 is 2.32 bits per heavy atom. The maximum absolute atomic E-state index is 13.5. The van der Waals surface area contributed by atoms with Crippen LogP contribution in [0.5, 0.6) is 5.75 Å². The molecule has 0 unspecified atom stereocenters. The van der Waals surface area contributed by atoms with E-state index in [0.29, 0.717) is 31.9 Å². The van der Waals surface area contributed by atoms with E-state index in [0.717, 1.165) is 28.6 Å². The molecule has 3 rings (SSSR count). The number of methoxy groups -OCH3 is 1. The van der Waals surface area contributed by atoms with Gasteiger partial charge in [-0.25, -0.2) is 12.8 Å². The van der Waals surface area contributed by atoms with Gasteiger partial charge < -0.3 is 20.1 Å². The van der Waals surface area contributed by atoms with Crippen molar-refractivity contribution in [2.75, 3.05) is 43.0 Å². The van der Waals surface area contributed by atoms with Crippen LogP contribution in [0.25, 0.3) is 0 Å². The van der Waals surface area contributed by atoms with E-state index in [9.17, 15) is 22.4 Å². The summed E-state index contributed by atoms with van der Waals surface area (Å²) in [4.78, 5) is 25.6. The molecule has 0 aliphatic rings. The Balaban J connectivity index is 1.86. The number of amides is 2. The van der Waals surface area contributed by atoms with Crippen molar-refractivity contribution in [2.24, 2.45) is 0 Å². The Morgan fingerprint density at radius 1 is 0.974 bits per heavy atom. The zero-order valence-corrected chi connectivity index (χ0v) is 22.0. The summed E-state index contributed by atoms with van der Waals surface area (Å²) in [7, 11) is -2.68. The van der Waals surface area contributed by atoms with Gasteiger partial charge in [-0.2, -0.15) is 0 Å². The van der Waals surface area contributed by atoms with Gasteiger partial charge in [0.05, 0.1) is 28.4 Å². The molecule has 0 radical (unpaired) electrons. The van der Waals surface area contributed by atoms with Gasteiger partial charge in [0.1, 0.15) is 18.1 Å². The maximum atomic E-state index is 13.5. The quantitative estimate of drug-likeness (QED) is 0.317. The molecule has 0 atom stereocenters. The number of hydrogen-bond donors (Lipinski definition) is 2. The third-order valence-corrected chi connectivity index (χ3v) is 7.17. The lowest BCUT2D eigenvalue weighted by Gasteiger charge is -2.24. The fraction of sp³-hybridized carbons (Fsp3) is 0.259. The van der Waals surface area contributed by atoms with Gasteiger partial charge in [0.2, 0.25) is 5.91 Å². The summed E-state index contributed by atoms with van der Waals surface area (Å²) in [5.41, 5.74) is 0.664. The van der Waals surface area contributed by atoms with Crippen LogP contribution in [-0.4, -0.2) is 53.6 Å². The van der Waals surface area contributed by atoms with Gasteiger partial charge >= 0.3 is 0 Å². The predicted molar refractivity (Wildman–Crippen MR) is 142 cm³/mol. The number of para-hydroxylation sites is 1. The van der Waals surface area contributed by atoms with E-state index in [1.807, 2.05) is 6.92 Å². The first-order valence-electron chi connectivity index (χ1n) is 11.9. The van der Waals surface area contributed by atoms with E-state index in [4.69, 9.17) is 9.47 Å². The van der Waals surface area contributed by atoms with Crippen LogP contribution in [0.2, 0.25) is 0 Å². The van der Waals surface area contributed by atoms with E-state index in [-0.39, 0.29) is 27.7 Å². The van der Waals surface area contributed by atoms with Crippen LogP contribution >= 0.6 is 0 Å². The van der Waals surface area contributed by atoms with Gasteiger partial charge in [0.25, 0.3) is 15.9 Å². The molecule has 3 aromatic carbocycles. The molecule has 0 saturated heterocycles. The maximum Gasteiger partial charge on any atom is 0.264 e. The van der Waals surface area contributed by atoms with Crippen LogP contribution in [-0.2, 0) is 19.6 Å². The average Bonchev–Trinajstić information content (AvgIpc) is 2.91. The van der Waals surface area contributed by atoms with Crippen LogP contribution in [0.1, 0.15) is 23.7 Å². The SMILES string of the molecule is CCOc1ccc(N(CC(=O)Nc2ccccc2C(=O)NCCCOC)S(=O)(=O)c2ccc(F)cc2)cc1. The molecule has 202 valence electrons. The van der Waals surface area contributed by atoms with Crippen molar-refractivity contribution in [3.05, 3.63) is 84.2 Å². The molecule has 0 aliphatic heterocycles. The minimum Gasteiger partial charge on any atom is -0.494 e. The number of anilines is 2. The smallest absolute Gasteiger partial charge is 0.264 e. The normalized spacial score (nSPS) is 11.0. The molecular weight excluding hydrogens is 513 g/mol. The minimum atomic E-state index is -4.25. The molecule has 9 nitrogen and oxygen atoms in total. The van der Waals surface area contributed by atoms with Gasteiger partial charge in [0, 0.05) is 20.3 Å². The number of benzene rings is 3. The standard InChI is InChI=1S/C27H30FN3O6S/c1-3-37-22-13-11-21(12-14-22)31(38(34,35)23-15-9-20(28)10-16-23)19-26(32)30-25-8-5-4-7-24(25)27(33)29-17-6-18-36-2/h4-5,7-16H,3,6,17-19H2,1-2H3,(H,29,33)(H,30,32). The first-order chi connectivity index (χ1) is 18.3. The van der Waals surface area contributed by atoms with E-state index in [1.165, 1.54) is 12.1 Å². The second-order valence-corrected chi connectivity index (χ2v) is 9.95. The Labute approximate surface area is 221 Å². The second kappa shape index (κ2) is 13.5. The molecule has 0 aliphatic carbocycles. The third kappa shape index (κ3) is 7.53. The molecule has 3 aromatic rings. The topological polar surface area (TPSA) is 114 Å². The van der Waals surface area contributed by atoms with Gasteiger partial charge in [-0.15, -0.1) is 0 Å². The number of nitrogens with one attached hydrogen (secondary N) is 2. The summed E-state index contributed by atoms with van der Waals surface area (Å²) < 4.78 is 51.8. The molecule has 2 N–H and O–H groups in total. The van der Waals surface area contributed by atoms with Crippen LogP contribution < -0.4 is 19.7 Å². The van der Waals surface area contributed by atoms with Gasteiger partial charge in [0.15, 0.2) is 0 Å². The molecule has 0 heterocycles. The minimum absolute atomic E-state index is 0.184. The predicted octanol–water partition coefficient (Wildman–Crippen LogP) is 3.82. The largest absolute Gasteiger partial charge is 0.494 e. The summed E-state index contributed by atoms with van der Waals surface area (Å²) in [5.74, 6) is -1.12. The van der Waals surface area contributed by atoms with Crippen molar-refractivity contribution in [1.82, 2.24) is 5.32 Å². The van der Waals surface area contributed by atoms with Crippen LogP contribution in [0.3, 0.4) is 0 Å². The molecule has 0 fully saturated rings. The molecule has 38 heavy (non-hydrogen) atoms. The first kappa shape index (κ1) is 28.6. The number of sulfonamides is 1. The van der Waals surface area contributed by atoms with Crippen molar-refractivity contribution >= 4 is 33.2 Å². The van der Waals surface area contributed by atoms with Crippen LogP contribution in [0.4, 0.5) is 15.8 Å². The lowest BCUT2D eigenvalue weighted by atomic mass is 10.1. The number of halogens is 1. The molecule has 0 bridgehead atoms. The van der Waals surface area contributed by atoms with E-state index >= 15 is 0 Å². The zero-order chi connectivity index (χ0) is 27.5. The second-order valence-electron chi connectivity index (χ2n) is 8.09. The number of hydrogen-bond acceptors (Lipinski definition) is 6. The lowest BCUT2D eigenvalue weighted by Crippen LogP contribution is -2.38. The Bertz CT molecular complexity index is 1330. The van der Waals surface area contributed by atoms with Gasteiger partial charge in [-0.3, -0.25) is 13.9 Å². The number of rotatable bonds is 13. The summed E-state index contributed by atoms with van der Waals surface area (Å²) in [6, 6.07) is 17.0. The highest BCUT2D eigenvalue weighted by molar-refractivity contribution is 7.92. The van der Waals surface area contributed by atoms with Crippen molar-refractivity contribution in [3.63, 3.8) is 0 Å². The number of ether oxygens (including phenoxy) is 2. The zero-order valence-electron chi connectivity index (χ0n) is 21.1. The first-order valence-corrected chi connectivity index (χ1v) is 13.4. The fourth-order valence-corrected chi connectivity index (χ4v) is 4.97. The lowest BCUT2D eigenvalue weighted by molar-refractivity contribution is -0.114. The van der Waals surface area contributed by atoms with Crippen LogP contribution in [0, 0.1) is 5.82 Å². The summed E-state index contributed by atoms with van der Waals surface area (Å²) in [6.45, 7) is 2.52. The third-order valence-electron chi connectivity index (χ3n) is 5.38. The summed E-state index contributed by atoms with van der Waals surface area (Å²) >= 11 is 0. The number of carbonyl (C=O) groups excluding carboxylic acids is 2. The Morgan fingerprint density at radius 2 is 1.66 bits per heavy atom. The molecule has 0 saturated carbocycles.